The first-order chi connectivity index (χ1) is 18.5. The van der Waals surface area contributed by atoms with Crippen LogP contribution in [0.5, 0.6) is 5.88 Å². The molecule has 0 saturated carbocycles. The summed E-state index contributed by atoms with van der Waals surface area (Å²) in [4.78, 5) is 15.3. The number of benzene rings is 1. The Morgan fingerprint density at radius 1 is 1.10 bits per heavy atom. The highest BCUT2D eigenvalue weighted by Crippen LogP contribution is 2.44. The van der Waals surface area contributed by atoms with Gasteiger partial charge < -0.3 is 14.2 Å². The molecule has 0 bridgehead atoms. The lowest BCUT2D eigenvalue weighted by Gasteiger charge is -2.24. The molecule has 6 rings (SSSR count). The number of imidazole rings is 1. The van der Waals surface area contributed by atoms with Gasteiger partial charge in [-0.3, -0.25) is 0 Å². The minimum Gasteiger partial charge on any atom is -0.479 e. The highest BCUT2D eigenvalue weighted by molar-refractivity contribution is 5.64. The van der Waals surface area contributed by atoms with Crippen LogP contribution in [0.25, 0.3) is 17.2 Å². The fourth-order valence-electron chi connectivity index (χ4n) is 5.83. The number of aryl methyl sites for hydroxylation is 2. The number of nitrogens with zero attached hydrogens (tertiary/aromatic N) is 7. The lowest BCUT2D eigenvalue weighted by Crippen LogP contribution is -2.36. The second-order valence-electron chi connectivity index (χ2n) is 11.0. The first-order valence-electron chi connectivity index (χ1n) is 13.0. The third-order valence-electron chi connectivity index (χ3n) is 7.58. The maximum absolute atomic E-state index is 13.2. The smallest absolute Gasteiger partial charge is 0.405 e. The minimum atomic E-state index is -4.25. The molecule has 0 fully saturated rings. The van der Waals surface area contributed by atoms with Crippen LogP contribution in [0.1, 0.15) is 55.3 Å². The van der Waals surface area contributed by atoms with Crippen molar-refractivity contribution >= 4 is 5.69 Å². The molecule has 0 N–H and O–H groups in total. The van der Waals surface area contributed by atoms with Gasteiger partial charge >= 0.3 is 6.18 Å². The number of anilines is 1. The summed E-state index contributed by atoms with van der Waals surface area (Å²) in [5.74, 6) is 1.79. The van der Waals surface area contributed by atoms with Crippen LogP contribution in [0.3, 0.4) is 0 Å². The highest BCUT2D eigenvalue weighted by Gasteiger charge is 2.41. The molecule has 4 aromatic rings. The van der Waals surface area contributed by atoms with E-state index in [0.717, 1.165) is 47.7 Å². The molecule has 204 valence electrons. The summed E-state index contributed by atoms with van der Waals surface area (Å²) < 4.78 is 49.0. The number of alkyl halides is 3. The number of ether oxygens (including phenoxy) is 1. The molecule has 0 aliphatic carbocycles. The van der Waals surface area contributed by atoms with Gasteiger partial charge in [0.15, 0.2) is 5.82 Å². The molecule has 3 aromatic heterocycles. The van der Waals surface area contributed by atoms with Crippen LogP contribution in [0, 0.1) is 6.92 Å². The van der Waals surface area contributed by atoms with E-state index in [0.29, 0.717) is 29.6 Å². The molecule has 0 radical (unpaired) electrons. The predicted molar refractivity (Wildman–Crippen MR) is 140 cm³/mol. The van der Waals surface area contributed by atoms with E-state index in [1.807, 2.05) is 60.5 Å². The SMILES string of the molecule is COc1nc(-c2nc3n(n2)CCC[C@H]3c2ccc3c(c2)C(C)(C)CN3CC(F)(F)F)ccc1-n1cnc(C)c1. The van der Waals surface area contributed by atoms with Crippen LogP contribution in [0.4, 0.5) is 18.9 Å². The van der Waals surface area contributed by atoms with Crippen LogP contribution < -0.4 is 9.64 Å². The van der Waals surface area contributed by atoms with Gasteiger partial charge in [-0.05, 0) is 49.1 Å². The summed E-state index contributed by atoms with van der Waals surface area (Å²) in [6, 6.07) is 9.64. The summed E-state index contributed by atoms with van der Waals surface area (Å²) in [5.41, 5.74) is 4.52. The third-order valence-corrected chi connectivity index (χ3v) is 7.58. The summed E-state index contributed by atoms with van der Waals surface area (Å²) >= 11 is 0. The van der Waals surface area contributed by atoms with Crippen molar-refractivity contribution in [2.45, 2.75) is 57.7 Å². The zero-order valence-corrected chi connectivity index (χ0v) is 22.3. The standard InChI is InChI=1S/C28H30F3N7O/c1-17-13-36(16-32-17)23-10-8-21(33-26(23)39-4)24-34-25-19(6-5-11-38(25)35-24)18-7-9-22-20(12-18)27(2,3)14-37(22)15-28(29,30)31/h7-10,12-13,16,19H,5-6,11,14-15H2,1-4H3/t19-/m0/s1. The third kappa shape index (κ3) is 4.63. The van der Waals surface area contributed by atoms with Crippen LogP contribution in [-0.2, 0) is 12.0 Å². The normalized spacial score (nSPS) is 18.2. The summed E-state index contributed by atoms with van der Waals surface area (Å²) in [5, 5.41) is 4.77. The fraction of sp³-hybridized carbons (Fsp3) is 0.429. The van der Waals surface area contributed by atoms with Gasteiger partial charge in [-0.1, -0.05) is 26.0 Å². The molecule has 0 amide bonds. The van der Waals surface area contributed by atoms with Crippen molar-refractivity contribution in [1.29, 1.82) is 0 Å². The fourth-order valence-corrected chi connectivity index (χ4v) is 5.83. The highest BCUT2D eigenvalue weighted by atomic mass is 19.4. The van der Waals surface area contributed by atoms with Crippen molar-refractivity contribution < 1.29 is 17.9 Å². The Kier molecular flexibility index (Phi) is 5.92. The largest absolute Gasteiger partial charge is 0.479 e. The van der Waals surface area contributed by atoms with Crippen molar-refractivity contribution in [2.75, 3.05) is 25.1 Å². The first-order valence-corrected chi connectivity index (χ1v) is 13.0. The predicted octanol–water partition coefficient (Wildman–Crippen LogP) is 5.43. The molecule has 5 heterocycles. The van der Waals surface area contributed by atoms with Crippen molar-refractivity contribution in [2.24, 2.45) is 0 Å². The molecule has 11 heteroatoms. The number of hydrogen-bond donors (Lipinski definition) is 0. The van der Waals surface area contributed by atoms with E-state index in [1.54, 1.807) is 13.4 Å². The number of hydrogen-bond acceptors (Lipinski definition) is 6. The second kappa shape index (κ2) is 9.10. The van der Waals surface area contributed by atoms with Gasteiger partial charge in [-0.25, -0.2) is 19.6 Å². The zero-order chi connectivity index (χ0) is 27.5. The molecular weight excluding hydrogens is 507 g/mol. The Labute approximate surface area is 224 Å². The van der Waals surface area contributed by atoms with Gasteiger partial charge in [0.25, 0.3) is 0 Å². The monoisotopic (exact) mass is 537 g/mol. The molecule has 39 heavy (non-hydrogen) atoms. The number of pyridine rings is 1. The zero-order valence-electron chi connectivity index (χ0n) is 22.3. The molecule has 0 unspecified atom stereocenters. The van der Waals surface area contributed by atoms with E-state index in [1.165, 1.54) is 4.90 Å². The average molecular weight is 538 g/mol. The molecule has 2 aliphatic rings. The van der Waals surface area contributed by atoms with Crippen molar-refractivity contribution in [1.82, 2.24) is 29.3 Å². The Bertz CT molecular complexity index is 1540. The van der Waals surface area contributed by atoms with Crippen molar-refractivity contribution in [3.05, 3.63) is 65.5 Å². The van der Waals surface area contributed by atoms with Gasteiger partial charge in [0.05, 0.1) is 19.1 Å². The topological polar surface area (TPSA) is 73.9 Å². The number of methoxy groups -OCH3 is 1. The average Bonchev–Trinajstić information content (AvgIpc) is 3.58. The Balaban J connectivity index is 1.33. The summed E-state index contributed by atoms with van der Waals surface area (Å²) in [6.07, 6.45) is 1.18. The van der Waals surface area contributed by atoms with E-state index >= 15 is 0 Å². The van der Waals surface area contributed by atoms with Gasteiger partial charge in [0, 0.05) is 36.3 Å². The Morgan fingerprint density at radius 3 is 2.62 bits per heavy atom. The summed E-state index contributed by atoms with van der Waals surface area (Å²) in [6.45, 7) is 6.06. The quantitative estimate of drug-likeness (QED) is 0.338. The molecular formula is C28H30F3N7O. The molecule has 0 saturated heterocycles. The number of aromatic nitrogens is 6. The lowest BCUT2D eigenvalue weighted by atomic mass is 9.83. The van der Waals surface area contributed by atoms with Crippen LogP contribution in [-0.4, -0.2) is 55.7 Å². The van der Waals surface area contributed by atoms with Crippen molar-refractivity contribution in [3.8, 4) is 23.1 Å². The second-order valence-corrected chi connectivity index (χ2v) is 11.0. The van der Waals surface area contributed by atoms with Gasteiger partial charge in [0.2, 0.25) is 5.88 Å². The van der Waals surface area contributed by atoms with E-state index < -0.39 is 12.7 Å². The minimum absolute atomic E-state index is 0.00661. The molecule has 1 atom stereocenters. The van der Waals surface area contributed by atoms with Crippen molar-refractivity contribution in [3.63, 3.8) is 0 Å². The van der Waals surface area contributed by atoms with Gasteiger partial charge in [-0.15, -0.1) is 5.10 Å². The van der Waals surface area contributed by atoms with Gasteiger partial charge in [0.1, 0.15) is 23.8 Å². The van der Waals surface area contributed by atoms with E-state index in [2.05, 4.69) is 16.0 Å². The number of fused-ring (bicyclic) bond motifs is 2. The lowest BCUT2D eigenvalue weighted by molar-refractivity contribution is -0.119. The maximum atomic E-state index is 13.2. The summed E-state index contributed by atoms with van der Waals surface area (Å²) in [7, 11) is 1.58. The van der Waals surface area contributed by atoms with E-state index in [-0.39, 0.29) is 11.3 Å². The van der Waals surface area contributed by atoms with Crippen LogP contribution >= 0.6 is 0 Å². The van der Waals surface area contributed by atoms with E-state index in [4.69, 9.17) is 14.8 Å². The molecule has 0 spiro atoms. The molecule has 1 aromatic carbocycles. The van der Waals surface area contributed by atoms with E-state index in [9.17, 15) is 13.2 Å². The Morgan fingerprint density at radius 2 is 1.90 bits per heavy atom. The molecule has 2 aliphatic heterocycles. The molecule has 8 nitrogen and oxygen atoms in total. The number of rotatable bonds is 5. The van der Waals surface area contributed by atoms with Gasteiger partial charge in [-0.2, -0.15) is 13.2 Å². The van der Waals surface area contributed by atoms with Crippen LogP contribution in [0.2, 0.25) is 0 Å². The van der Waals surface area contributed by atoms with Crippen LogP contribution in [0.15, 0.2) is 42.9 Å². The Hall–Kier alpha value is -3.89. The maximum Gasteiger partial charge on any atom is 0.405 e. The number of halogens is 3. The first kappa shape index (κ1) is 25.4.